The number of nitrogens with zero attached hydrogens (tertiary/aromatic N) is 1. The quantitative estimate of drug-likeness (QED) is 0.375. The van der Waals surface area contributed by atoms with Crippen molar-refractivity contribution in [2.45, 2.75) is 63.7 Å². The molecule has 0 unspecified atom stereocenters. The molecule has 2 heterocycles. The maximum Gasteiger partial charge on any atom is 0.119 e. The third kappa shape index (κ3) is 6.03. The van der Waals surface area contributed by atoms with Crippen molar-refractivity contribution in [3.05, 3.63) is 58.5 Å². The van der Waals surface area contributed by atoms with E-state index in [0.717, 1.165) is 25.3 Å². The lowest BCUT2D eigenvalue weighted by atomic mass is 9.85. The molecule has 2 fully saturated rings. The van der Waals surface area contributed by atoms with Crippen molar-refractivity contribution in [2.24, 2.45) is 0 Å². The first kappa shape index (κ1) is 24.4. The van der Waals surface area contributed by atoms with Gasteiger partial charge in [-0.2, -0.15) is 0 Å². The average Bonchev–Trinajstić information content (AvgIpc) is 3.18. The molecule has 5 heteroatoms. The minimum absolute atomic E-state index is 0. The summed E-state index contributed by atoms with van der Waals surface area (Å²) in [6, 6.07) is 14.6. The van der Waals surface area contributed by atoms with Crippen LogP contribution in [0.15, 0.2) is 42.5 Å². The molecule has 3 aromatic rings. The summed E-state index contributed by atoms with van der Waals surface area (Å²) >= 11 is 1.90. The fraction of sp³-hybridized carbons (Fsp3) is 0.500. The fourth-order valence-corrected chi connectivity index (χ4v) is 6.84. The van der Waals surface area contributed by atoms with Gasteiger partial charge in [-0.25, -0.2) is 0 Å². The molecule has 1 aromatic heterocycles. The molecule has 3 nitrogen and oxygen atoms in total. The second-order valence-corrected chi connectivity index (χ2v) is 10.6. The maximum absolute atomic E-state index is 10.0. The van der Waals surface area contributed by atoms with Gasteiger partial charge in [0.15, 0.2) is 0 Å². The Morgan fingerprint density at radius 2 is 1.64 bits per heavy atom. The molecule has 0 bridgehead atoms. The number of piperidine rings is 1. The monoisotopic (exact) mass is 485 g/mol. The van der Waals surface area contributed by atoms with Gasteiger partial charge in [0.25, 0.3) is 0 Å². The normalized spacial score (nSPS) is 17.7. The summed E-state index contributed by atoms with van der Waals surface area (Å²) in [5.41, 5.74) is 2.80. The number of halogens is 1. The molecule has 1 aliphatic heterocycles. The molecule has 5 rings (SSSR count). The van der Waals surface area contributed by atoms with E-state index in [1.165, 1.54) is 85.7 Å². The van der Waals surface area contributed by atoms with Crippen molar-refractivity contribution in [3.63, 3.8) is 0 Å². The summed E-state index contributed by atoms with van der Waals surface area (Å²) in [7, 11) is 0. The summed E-state index contributed by atoms with van der Waals surface area (Å²) < 4.78 is 7.25. The highest BCUT2D eigenvalue weighted by Gasteiger charge is 2.23. The fourth-order valence-electron chi connectivity index (χ4n) is 5.42. The standard InChI is InChI=1S/C28H35NO2S.ClH/c30-23-11-14-25-26(28(32-27(25)20-23)22-7-3-1-4-8-22)19-21-9-12-24(13-10-21)31-18-17-29-15-5-2-6-16-29;/h9-14,20,22,30H,1-8,15-19H2;1H. The van der Waals surface area contributed by atoms with Crippen LogP contribution in [0, 0.1) is 0 Å². The lowest BCUT2D eigenvalue weighted by Gasteiger charge is -2.26. The Kier molecular flexibility index (Phi) is 8.56. The van der Waals surface area contributed by atoms with Crippen LogP contribution in [-0.4, -0.2) is 36.2 Å². The summed E-state index contributed by atoms with van der Waals surface area (Å²) in [6.07, 6.45) is 11.6. The molecule has 0 amide bonds. The van der Waals surface area contributed by atoms with E-state index in [2.05, 4.69) is 35.2 Å². The van der Waals surface area contributed by atoms with Crippen LogP contribution in [0.2, 0.25) is 0 Å². The Hall–Kier alpha value is -1.75. The number of benzene rings is 2. The Morgan fingerprint density at radius 3 is 2.39 bits per heavy atom. The van der Waals surface area contributed by atoms with Gasteiger partial charge < -0.3 is 9.84 Å². The molecule has 1 saturated carbocycles. The minimum atomic E-state index is 0. The summed E-state index contributed by atoms with van der Waals surface area (Å²) in [5, 5.41) is 11.3. The first-order valence-corrected chi connectivity index (χ1v) is 13.3. The van der Waals surface area contributed by atoms with Gasteiger partial charge in [0.1, 0.15) is 18.1 Å². The van der Waals surface area contributed by atoms with Crippen LogP contribution in [0.3, 0.4) is 0 Å². The number of fused-ring (bicyclic) bond motifs is 1. The van der Waals surface area contributed by atoms with E-state index >= 15 is 0 Å². The van der Waals surface area contributed by atoms with Crippen LogP contribution in [0.4, 0.5) is 0 Å². The van der Waals surface area contributed by atoms with Crippen LogP contribution >= 0.6 is 23.7 Å². The Morgan fingerprint density at radius 1 is 0.909 bits per heavy atom. The molecule has 0 atom stereocenters. The number of ether oxygens (including phenoxy) is 1. The first-order valence-electron chi connectivity index (χ1n) is 12.4. The number of aromatic hydroxyl groups is 1. The van der Waals surface area contributed by atoms with E-state index < -0.39 is 0 Å². The zero-order valence-electron chi connectivity index (χ0n) is 19.4. The van der Waals surface area contributed by atoms with Crippen LogP contribution < -0.4 is 4.74 Å². The van der Waals surface area contributed by atoms with Gasteiger partial charge in [0, 0.05) is 16.1 Å². The predicted octanol–water partition coefficient (Wildman–Crippen LogP) is 7.53. The van der Waals surface area contributed by atoms with Crippen molar-refractivity contribution < 1.29 is 9.84 Å². The Balaban J connectivity index is 0.00000259. The number of phenolic OH excluding ortho intramolecular Hbond substituents is 1. The second kappa shape index (κ2) is 11.6. The van der Waals surface area contributed by atoms with E-state index in [1.807, 2.05) is 23.5 Å². The number of rotatable bonds is 7. The lowest BCUT2D eigenvalue weighted by Crippen LogP contribution is -2.33. The van der Waals surface area contributed by atoms with Crippen molar-refractivity contribution in [2.75, 3.05) is 26.2 Å². The van der Waals surface area contributed by atoms with Crippen molar-refractivity contribution in [1.82, 2.24) is 4.90 Å². The van der Waals surface area contributed by atoms with Crippen LogP contribution in [0.25, 0.3) is 10.1 Å². The highest BCUT2D eigenvalue weighted by molar-refractivity contribution is 7.19. The first-order chi connectivity index (χ1) is 15.8. The lowest BCUT2D eigenvalue weighted by molar-refractivity contribution is 0.183. The second-order valence-electron chi connectivity index (χ2n) is 9.53. The van der Waals surface area contributed by atoms with Gasteiger partial charge >= 0.3 is 0 Å². The third-order valence-corrected chi connectivity index (χ3v) is 8.57. The summed E-state index contributed by atoms with van der Waals surface area (Å²) in [5.74, 6) is 2.01. The summed E-state index contributed by atoms with van der Waals surface area (Å²) in [6.45, 7) is 4.24. The van der Waals surface area contributed by atoms with Crippen molar-refractivity contribution in [1.29, 1.82) is 0 Å². The highest BCUT2D eigenvalue weighted by Crippen LogP contribution is 2.44. The SMILES string of the molecule is Cl.Oc1ccc2c(Cc3ccc(OCCN4CCCCC4)cc3)c(C3CCCCC3)sc2c1. The van der Waals surface area contributed by atoms with Gasteiger partial charge in [-0.3, -0.25) is 4.90 Å². The largest absolute Gasteiger partial charge is 0.508 e. The predicted molar refractivity (Wildman–Crippen MR) is 142 cm³/mol. The Bertz CT molecular complexity index is 1020. The maximum atomic E-state index is 10.0. The van der Waals surface area contributed by atoms with Crippen molar-refractivity contribution in [3.8, 4) is 11.5 Å². The molecule has 178 valence electrons. The average molecular weight is 486 g/mol. The van der Waals surface area contributed by atoms with Gasteiger partial charge in [-0.1, -0.05) is 37.8 Å². The van der Waals surface area contributed by atoms with Crippen molar-refractivity contribution >= 4 is 33.8 Å². The topological polar surface area (TPSA) is 32.7 Å². The van der Waals surface area contributed by atoms with E-state index in [-0.39, 0.29) is 12.4 Å². The number of hydrogen-bond acceptors (Lipinski definition) is 4. The zero-order valence-corrected chi connectivity index (χ0v) is 21.1. The van der Waals surface area contributed by atoms with Gasteiger partial charge in [0.2, 0.25) is 0 Å². The molecule has 0 spiro atoms. The summed E-state index contributed by atoms with van der Waals surface area (Å²) in [4.78, 5) is 4.07. The zero-order chi connectivity index (χ0) is 21.8. The van der Waals surface area contributed by atoms with E-state index in [4.69, 9.17) is 4.74 Å². The molecular formula is C28H36ClNO2S. The number of thiophene rings is 1. The van der Waals surface area contributed by atoms with Crippen LogP contribution in [0.5, 0.6) is 11.5 Å². The van der Waals surface area contributed by atoms with Gasteiger partial charge in [-0.05, 0) is 98.0 Å². The van der Waals surface area contributed by atoms with Gasteiger partial charge in [-0.15, -0.1) is 23.7 Å². The molecule has 0 radical (unpaired) electrons. The molecule has 2 aliphatic rings. The number of phenols is 1. The molecule has 1 saturated heterocycles. The smallest absolute Gasteiger partial charge is 0.119 e. The van der Waals surface area contributed by atoms with Crippen LogP contribution in [-0.2, 0) is 6.42 Å². The minimum Gasteiger partial charge on any atom is -0.508 e. The van der Waals surface area contributed by atoms with Crippen LogP contribution in [0.1, 0.15) is 73.3 Å². The molecule has 1 aliphatic carbocycles. The Labute approximate surface area is 208 Å². The highest BCUT2D eigenvalue weighted by atomic mass is 35.5. The number of likely N-dealkylation sites (tertiary alicyclic amines) is 1. The molecule has 33 heavy (non-hydrogen) atoms. The van der Waals surface area contributed by atoms with E-state index in [0.29, 0.717) is 11.7 Å². The molecule has 2 aromatic carbocycles. The molecule has 1 N–H and O–H groups in total. The van der Waals surface area contributed by atoms with E-state index in [1.54, 1.807) is 4.88 Å². The van der Waals surface area contributed by atoms with Gasteiger partial charge in [0.05, 0.1) is 0 Å². The molecular weight excluding hydrogens is 450 g/mol. The van der Waals surface area contributed by atoms with E-state index in [9.17, 15) is 5.11 Å². The number of hydrogen-bond donors (Lipinski definition) is 1. The third-order valence-electron chi connectivity index (χ3n) is 7.21.